The van der Waals surface area contributed by atoms with E-state index in [0.29, 0.717) is 25.1 Å². The summed E-state index contributed by atoms with van der Waals surface area (Å²) in [6.07, 6.45) is 8.28. The SMILES string of the molecule is C=N/C=C(\NCC1CCCN1C(=O)CNC)c1ccc(-c2ccc(OS(=O)(=O)C(F)(F)F)c3c2CCCC32CCC2)s1. The van der Waals surface area contributed by atoms with E-state index >= 15 is 0 Å². The smallest absolute Gasteiger partial charge is 0.381 e. The van der Waals surface area contributed by atoms with Crippen LogP contribution in [-0.2, 0) is 26.7 Å². The molecule has 228 valence electrons. The number of aliphatic imine (C=N–C) groups is 1. The van der Waals surface area contributed by atoms with Crippen molar-refractivity contribution in [2.45, 2.75) is 68.3 Å². The van der Waals surface area contributed by atoms with Crippen LogP contribution in [-0.4, -0.2) is 64.2 Å². The summed E-state index contributed by atoms with van der Waals surface area (Å²) in [6.45, 7) is 5.18. The van der Waals surface area contributed by atoms with Gasteiger partial charge in [0, 0.05) is 29.6 Å². The first kappa shape index (κ1) is 30.6. The second kappa shape index (κ2) is 12.0. The minimum Gasteiger partial charge on any atom is -0.381 e. The number of carbonyl (C=O) groups is 1. The van der Waals surface area contributed by atoms with Crippen LogP contribution in [0.2, 0.25) is 0 Å². The Morgan fingerprint density at radius 1 is 1.21 bits per heavy atom. The zero-order valence-electron chi connectivity index (χ0n) is 23.4. The van der Waals surface area contributed by atoms with Gasteiger partial charge in [-0.1, -0.05) is 6.42 Å². The third-order valence-corrected chi connectivity index (χ3v) is 10.7. The van der Waals surface area contributed by atoms with Crippen LogP contribution in [0.15, 0.2) is 35.5 Å². The van der Waals surface area contributed by atoms with E-state index in [1.54, 1.807) is 19.3 Å². The molecule has 1 aromatic heterocycles. The van der Waals surface area contributed by atoms with Gasteiger partial charge in [-0.3, -0.25) is 9.79 Å². The molecule has 1 atom stereocenters. The summed E-state index contributed by atoms with van der Waals surface area (Å²) in [5.74, 6) is -0.147. The van der Waals surface area contributed by atoms with Crippen LogP contribution in [0.4, 0.5) is 13.2 Å². The summed E-state index contributed by atoms with van der Waals surface area (Å²) in [6, 6.07) is 7.01. The van der Waals surface area contributed by atoms with Gasteiger partial charge in [-0.25, -0.2) is 0 Å². The zero-order chi connectivity index (χ0) is 30.1. The number of thiophene rings is 1. The van der Waals surface area contributed by atoms with Crippen LogP contribution in [0.1, 0.15) is 60.9 Å². The first-order valence-electron chi connectivity index (χ1n) is 14.1. The maximum absolute atomic E-state index is 13.2. The number of benzene rings is 1. The molecule has 1 aliphatic heterocycles. The monoisotopic (exact) mass is 624 g/mol. The summed E-state index contributed by atoms with van der Waals surface area (Å²) < 4.78 is 68.4. The lowest BCUT2D eigenvalue weighted by atomic mass is 9.57. The molecule has 5 rings (SSSR count). The standard InChI is InChI=1S/C29H35F3N4O4S2/c1-33-17-22(35-16-19-6-4-15-36(19)26(37)18-34-2)25-11-10-24(41-25)20-8-9-23(40-42(38,39)29(30,31)32)27-21(20)7-3-12-28(27)13-5-14-28/h8-11,17,19,34-35H,1,3-7,12-16,18H2,2H3/b22-17-. The number of nitrogens with zero attached hydrogens (tertiary/aromatic N) is 2. The van der Waals surface area contributed by atoms with Gasteiger partial charge in [-0.05, 0) is 99.5 Å². The highest BCUT2D eigenvalue weighted by atomic mass is 32.2. The van der Waals surface area contributed by atoms with Gasteiger partial charge in [-0.15, -0.1) is 11.3 Å². The number of rotatable bonds is 10. The summed E-state index contributed by atoms with van der Waals surface area (Å²) in [5.41, 5.74) is -2.78. The fourth-order valence-corrected chi connectivity index (χ4v) is 8.05. The summed E-state index contributed by atoms with van der Waals surface area (Å²) in [5, 5.41) is 6.36. The van der Waals surface area contributed by atoms with E-state index in [-0.39, 0.29) is 23.1 Å². The van der Waals surface area contributed by atoms with Gasteiger partial charge >= 0.3 is 15.6 Å². The van der Waals surface area contributed by atoms with Crippen LogP contribution >= 0.6 is 11.3 Å². The molecular formula is C29H35F3N4O4S2. The Balaban J connectivity index is 1.44. The molecule has 2 aromatic rings. The van der Waals surface area contributed by atoms with Gasteiger partial charge in [0.2, 0.25) is 5.91 Å². The molecular weight excluding hydrogens is 589 g/mol. The number of alkyl halides is 3. The molecule has 1 aromatic carbocycles. The maximum atomic E-state index is 13.2. The lowest BCUT2D eigenvalue weighted by Gasteiger charge is -2.47. The minimum atomic E-state index is -5.79. The Kier molecular flexibility index (Phi) is 8.73. The molecule has 2 N–H and O–H groups in total. The number of carbonyl (C=O) groups excluding carboxylic acids is 1. The van der Waals surface area contributed by atoms with Crippen molar-refractivity contribution in [2.75, 3.05) is 26.7 Å². The Morgan fingerprint density at radius 3 is 2.64 bits per heavy atom. The lowest BCUT2D eigenvalue weighted by Crippen LogP contribution is -2.44. The lowest BCUT2D eigenvalue weighted by molar-refractivity contribution is -0.130. The van der Waals surface area contributed by atoms with Gasteiger partial charge in [0.15, 0.2) is 0 Å². The summed E-state index contributed by atoms with van der Waals surface area (Å²) >= 11 is 1.51. The van der Waals surface area contributed by atoms with Gasteiger partial charge in [0.05, 0.1) is 23.3 Å². The van der Waals surface area contributed by atoms with Crippen molar-refractivity contribution in [3.8, 4) is 16.2 Å². The molecule has 1 unspecified atom stereocenters. The predicted octanol–water partition coefficient (Wildman–Crippen LogP) is 5.20. The quantitative estimate of drug-likeness (QED) is 0.214. The number of likely N-dealkylation sites (tertiary alicyclic amines) is 1. The van der Waals surface area contributed by atoms with Gasteiger partial charge in [0.25, 0.3) is 0 Å². The van der Waals surface area contributed by atoms with Crippen molar-refractivity contribution >= 4 is 39.8 Å². The van der Waals surface area contributed by atoms with E-state index in [0.717, 1.165) is 78.1 Å². The van der Waals surface area contributed by atoms with Crippen molar-refractivity contribution in [1.29, 1.82) is 0 Å². The minimum absolute atomic E-state index is 0.0599. The van der Waals surface area contributed by atoms with E-state index in [1.165, 1.54) is 17.4 Å². The molecule has 0 bridgehead atoms. The maximum Gasteiger partial charge on any atom is 0.534 e. The molecule has 8 nitrogen and oxygen atoms in total. The van der Waals surface area contributed by atoms with Crippen molar-refractivity contribution < 1.29 is 30.6 Å². The number of nitrogens with one attached hydrogen (secondary N) is 2. The largest absolute Gasteiger partial charge is 0.534 e. The third kappa shape index (κ3) is 5.83. The normalized spacial score (nSPS) is 20.2. The van der Waals surface area contributed by atoms with E-state index in [4.69, 9.17) is 4.18 Å². The predicted molar refractivity (Wildman–Crippen MR) is 158 cm³/mol. The van der Waals surface area contributed by atoms with E-state index in [9.17, 15) is 26.4 Å². The highest BCUT2D eigenvalue weighted by molar-refractivity contribution is 7.88. The molecule has 2 heterocycles. The van der Waals surface area contributed by atoms with Crippen molar-refractivity contribution in [3.05, 3.63) is 46.5 Å². The third-order valence-electron chi connectivity index (χ3n) is 8.59. The molecule has 3 aliphatic rings. The fourth-order valence-electron chi connectivity index (χ4n) is 6.54. The molecule has 1 amide bonds. The van der Waals surface area contributed by atoms with Crippen LogP contribution in [0, 0.1) is 0 Å². The van der Waals surface area contributed by atoms with Crippen LogP contribution < -0.4 is 14.8 Å². The van der Waals surface area contributed by atoms with Gasteiger partial charge in [-0.2, -0.15) is 21.6 Å². The van der Waals surface area contributed by atoms with E-state index in [2.05, 4.69) is 22.3 Å². The van der Waals surface area contributed by atoms with Crippen LogP contribution in [0.3, 0.4) is 0 Å². The van der Waals surface area contributed by atoms with E-state index < -0.39 is 15.6 Å². The number of hydrogen-bond donors (Lipinski definition) is 2. The fraction of sp³-hybridized carbons (Fsp3) is 0.517. The zero-order valence-corrected chi connectivity index (χ0v) is 25.1. The van der Waals surface area contributed by atoms with Gasteiger partial charge < -0.3 is 19.7 Å². The Hall–Kier alpha value is -2.90. The van der Waals surface area contributed by atoms with Crippen molar-refractivity contribution in [3.63, 3.8) is 0 Å². The molecule has 1 saturated carbocycles. The number of halogens is 3. The average molecular weight is 625 g/mol. The average Bonchev–Trinajstić information content (AvgIpc) is 3.59. The van der Waals surface area contributed by atoms with Crippen molar-refractivity contribution in [2.24, 2.45) is 4.99 Å². The molecule has 1 spiro atoms. The second-order valence-electron chi connectivity index (χ2n) is 11.1. The second-order valence-corrected chi connectivity index (χ2v) is 13.7. The van der Waals surface area contributed by atoms with Crippen molar-refractivity contribution in [1.82, 2.24) is 15.5 Å². The molecule has 42 heavy (non-hydrogen) atoms. The van der Waals surface area contributed by atoms with Crippen LogP contribution in [0.5, 0.6) is 5.75 Å². The summed E-state index contributed by atoms with van der Waals surface area (Å²) in [7, 11) is -4.04. The topological polar surface area (TPSA) is 100 Å². The number of amides is 1. The Morgan fingerprint density at radius 2 is 1.98 bits per heavy atom. The Labute approximate surface area is 248 Å². The number of fused-ring (bicyclic) bond motifs is 2. The molecule has 0 radical (unpaired) electrons. The molecule has 1 saturated heterocycles. The molecule has 2 aliphatic carbocycles. The van der Waals surface area contributed by atoms with E-state index in [1.807, 2.05) is 17.0 Å². The number of hydrogen-bond acceptors (Lipinski definition) is 8. The highest BCUT2D eigenvalue weighted by Crippen LogP contribution is 2.56. The molecule has 2 fully saturated rings. The van der Waals surface area contributed by atoms with Crippen LogP contribution in [0.25, 0.3) is 16.1 Å². The van der Waals surface area contributed by atoms with Gasteiger partial charge in [0.1, 0.15) is 5.75 Å². The summed E-state index contributed by atoms with van der Waals surface area (Å²) in [4.78, 5) is 20.2. The first-order valence-corrected chi connectivity index (χ1v) is 16.3. The first-order chi connectivity index (χ1) is 20.0. The Bertz CT molecular complexity index is 1480. The highest BCUT2D eigenvalue weighted by Gasteiger charge is 2.51. The molecule has 13 heteroatoms. The number of likely N-dealkylation sites (N-methyl/N-ethyl adjacent to an activating group) is 1.